The minimum atomic E-state index is -1.63. The van der Waals surface area contributed by atoms with Crippen molar-refractivity contribution in [1.82, 2.24) is 4.90 Å². The number of nitrogens with zero attached hydrogens (tertiary/aromatic N) is 3. The largest absolute Gasteiger partial charge is 0.496 e. The molecule has 15 nitrogen and oxygen atoms in total. The molecule has 4 aromatic rings. The van der Waals surface area contributed by atoms with E-state index in [0.717, 1.165) is 36.8 Å². The molecule has 1 fully saturated rings. The van der Waals surface area contributed by atoms with E-state index in [1.165, 1.54) is 69.9 Å². The van der Waals surface area contributed by atoms with Gasteiger partial charge in [0.2, 0.25) is 5.79 Å². The summed E-state index contributed by atoms with van der Waals surface area (Å²) in [4.78, 5) is 46.1. The Hall–Kier alpha value is -6.62. The smallest absolute Gasteiger partial charge is 0.410 e. The number of nitro benzene ring substituents is 1. The number of benzene rings is 4. The number of hydrogen-bond acceptors (Lipinski definition) is 13. The lowest BCUT2D eigenvalue weighted by Gasteiger charge is -2.59. The van der Waals surface area contributed by atoms with Crippen molar-refractivity contribution in [3.63, 3.8) is 0 Å². The highest BCUT2D eigenvalue weighted by Crippen LogP contribution is 2.62. The van der Waals surface area contributed by atoms with E-state index >= 15 is 4.79 Å². The van der Waals surface area contributed by atoms with Gasteiger partial charge in [-0.3, -0.25) is 19.8 Å². The van der Waals surface area contributed by atoms with Gasteiger partial charge in [-0.2, -0.15) is 0 Å². The minimum Gasteiger partial charge on any atom is -0.496 e. The normalized spacial score (nSPS) is 20.6. The summed E-state index contributed by atoms with van der Waals surface area (Å²) < 4.78 is 47.4. The minimum absolute atomic E-state index is 0.00821. The number of unbranched alkanes of at least 4 members (excludes halogenated alkanes) is 11. The summed E-state index contributed by atoms with van der Waals surface area (Å²) in [5, 5.41) is 36.6. The maximum Gasteiger partial charge on any atom is 0.410 e. The van der Waals surface area contributed by atoms with Crippen LogP contribution in [0.4, 0.5) is 14.9 Å². The number of oxime groups is 1. The zero-order valence-corrected chi connectivity index (χ0v) is 45.4. The van der Waals surface area contributed by atoms with Gasteiger partial charge in [0.25, 0.3) is 5.69 Å². The molecule has 7 rings (SSSR count). The molecule has 0 unspecified atom stereocenters. The Morgan fingerprint density at radius 2 is 1.54 bits per heavy atom. The molecule has 4 aromatic carbocycles. The number of aliphatic hydroxyl groups is 2. The summed E-state index contributed by atoms with van der Waals surface area (Å²) >= 11 is 0. The van der Waals surface area contributed by atoms with Crippen LogP contribution >= 0.6 is 0 Å². The Balaban J connectivity index is 1.36. The van der Waals surface area contributed by atoms with Crippen LogP contribution in [0.2, 0.25) is 0 Å². The van der Waals surface area contributed by atoms with Crippen LogP contribution < -0.4 is 14.2 Å². The zero-order chi connectivity index (χ0) is 55.3. The van der Waals surface area contributed by atoms with E-state index in [0.29, 0.717) is 90.2 Å². The third-order valence-electron chi connectivity index (χ3n) is 15.4. The van der Waals surface area contributed by atoms with Gasteiger partial charge in [-0.05, 0) is 121 Å². The fraction of sp³-hybridized carbons (Fsp3) is 0.500. The maximum atomic E-state index is 15.2. The second-order valence-corrected chi connectivity index (χ2v) is 20.6. The Bertz CT molecular complexity index is 2640. The second-order valence-electron chi connectivity index (χ2n) is 20.6. The third kappa shape index (κ3) is 15.1. The molecule has 2 N–H and O–H groups in total. The van der Waals surface area contributed by atoms with Crippen LogP contribution in [0, 0.1) is 33.7 Å². The van der Waals surface area contributed by atoms with E-state index in [4.69, 9.17) is 33.7 Å². The van der Waals surface area contributed by atoms with Crippen molar-refractivity contribution in [2.45, 2.75) is 147 Å². The molecule has 0 aromatic heterocycles. The molecule has 2 aliphatic carbocycles. The topological polar surface area (TPSA) is 189 Å². The fourth-order valence-electron chi connectivity index (χ4n) is 11.5. The Labute approximate surface area is 458 Å². The first kappa shape index (κ1) is 59.0. The fourth-order valence-corrected chi connectivity index (χ4v) is 11.5. The maximum absolute atomic E-state index is 15.2. The van der Waals surface area contributed by atoms with Gasteiger partial charge in [0.05, 0.1) is 42.4 Å². The molecular weight excluding hydrogens is 998 g/mol. The van der Waals surface area contributed by atoms with Crippen molar-refractivity contribution < 1.29 is 57.6 Å². The number of carbonyl (C=O) groups excluding carboxylic acids is 2. The van der Waals surface area contributed by atoms with Crippen molar-refractivity contribution in [3.05, 3.63) is 147 Å². The number of aliphatic hydroxyl groups excluding tert-OH is 2. The molecule has 0 bridgehead atoms. The van der Waals surface area contributed by atoms with Crippen LogP contribution in [0.3, 0.4) is 0 Å². The molecule has 16 heteroatoms. The molecule has 3 aliphatic rings. The number of allylic oxidation sites excluding steroid dienone is 1. The number of hydrogen-bond donors (Lipinski definition) is 2. The first-order chi connectivity index (χ1) is 38.1. The van der Waals surface area contributed by atoms with Gasteiger partial charge in [0.15, 0.2) is 6.29 Å². The highest BCUT2D eigenvalue weighted by Gasteiger charge is 2.65. The van der Waals surface area contributed by atoms with Crippen molar-refractivity contribution in [1.29, 1.82) is 0 Å². The second kappa shape index (κ2) is 29.9. The monoisotopic (exact) mass is 1080 g/mol. The van der Waals surface area contributed by atoms with Crippen molar-refractivity contribution in [3.8, 4) is 23.0 Å². The molecule has 78 heavy (non-hydrogen) atoms. The molecule has 0 radical (unpaired) electrons. The van der Waals surface area contributed by atoms with Crippen LogP contribution in [-0.2, 0) is 27.5 Å². The van der Waals surface area contributed by atoms with Gasteiger partial charge in [-0.15, -0.1) is 6.58 Å². The van der Waals surface area contributed by atoms with Gasteiger partial charge in [0.1, 0.15) is 41.5 Å². The van der Waals surface area contributed by atoms with Crippen molar-refractivity contribution in [2.24, 2.45) is 22.9 Å². The number of carbonyl (C=O) groups is 2. The van der Waals surface area contributed by atoms with E-state index in [-0.39, 0.29) is 63.5 Å². The molecule has 0 saturated heterocycles. The number of methoxy groups -OCH3 is 1. The summed E-state index contributed by atoms with van der Waals surface area (Å²) in [6, 6.07) is 21.7. The standard InChI is InChI=1S/C62H78FN3O12/c1-4-6-7-8-9-10-11-12-13-18-36-74-61(70)65(41-44-21-25-48(63)26-22-44)58-40-55(64-76-43-45-23-27-49(28-24-45)66(71)72)53-38-46(19-14-16-33-67)52(20-15-17-34-68)59-54-39-51(77-50-29-31-56(73-3)47(37-50)42-69)30-32-57(54)78-62(58,60(53)59)75-35-5-2/h5,21-32,37-39,42,46,52,58-60,67-68H,2,4,6-20,33-36,40-41,43H2,1,3H3/t46-,52+,58-,59+,60+,62+/m0/s1. The lowest BCUT2D eigenvalue weighted by molar-refractivity contribution is -0.384. The number of nitro groups is 1. The van der Waals surface area contributed by atoms with Gasteiger partial charge in [-0.1, -0.05) is 107 Å². The van der Waals surface area contributed by atoms with Gasteiger partial charge in [0, 0.05) is 49.8 Å². The molecule has 1 heterocycles. The predicted molar refractivity (Wildman–Crippen MR) is 296 cm³/mol. The van der Waals surface area contributed by atoms with Crippen LogP contribution in [-0.4, -0.2) is 83.5 Å². The number of rotatable bonds is 33. The third-order valence-corrected chi connectivity index (χ3v) is 15.4. The van der Waals surface area contributed by atoms with Gasteiger partial charge >= 0.3 is 6.09 Å². The van der Waals surface area contributed by atoms with E-state index in [1.807, 2.05) is 12.1 Å². The molecule has 1 amide bonds. The predicted octanol–water partition coefficient (Wildman–Crippen LogP) is 13.7. The lowest BCUT2D eigenvalue weighted by atomic mass is 9.55. The first-order valence-corrected chi connectivity index (χ1v) is 28.0. The number of fused-ring (bicyclic) bond motifs is 2. The Morgan fingerprint density at radius 3 is 2.21 bits per heavy atom. The number of amides is 1. The number of ether oxygens (including phenoxy) is 5. The van der Waals surface area contributed by atoms with Crippen LogP contribution in [0.1, 0.15) is 149 Å². The van der Waals surface area contributed by atoms with Crippen molar-refractivity contribution >= 4 is 23.8 Å². The van der Waals surface area contributed by atoms with E-state index < -0.39 is 40.5 Å². The average Bonchev–Trinajstić information content (AvgIpc) is 3.64. The Kier molecular flexibility index (Phi) is 22.7. The summed E-state index contributed by atoms with van der Waals surface area (Å²) in [5.41, 5.74) is 3.68. The molecule has 1 aliphatic heterocycles. The highest BCUT2D eigenvalue weighted by molar-refractivity contribution is 6.03. The molecule has 420 valence electrons. The van der Waals surface area contributed by atoms with E-state index in [1.54, 1.807) is 59.5 Å². The summed E-state index contributed by atoms with van der Waals surface area (Å²) in [6.45, 7) is 6.49. The van der Waals surface area contributed by atoms with Crippen LogP contribution in [0.5, 0.6) is 23.0 Å². The SMILES string of the molecule is C=CCO[C@@]12Oc3ccc(Oc4ccc(OC)c(C=O)c4)cc3[C@H]3[C@H](CCCCO)[C@@H](CCCCO)C=C(C(=NOCc4ccc([N+](=O)[O-])cc4)C[C@@H]1N(Cc1ccc(F)cc1)C(=O)OCCCCCCCCCCCC)[C@H]32. The quantitative estimate of drug-likeness (QED) is 0.0151. The summed E-state index contributed by atoms with van der Waals surface area (Å²) in [6.07, 6.45) is 19.1. The Morgan fingerprint density at radius 1 is 0.872 bits per heavy atom. The highest BCUT2D eigenvalue weighted by atomic mass is 19.1. The van der Waals surface area contributed by atoms with E-state index in [2.05, 4.69) is 19.6 Å². The average molecular weight is 1080 g/mol. The zero-order valence-electron chi connectivity index (χ0n) is 45.4. The number of aldehydes is 1. The van der Waals surface area contributed by atoms with Crippen molar-refractivity contribution in [2.75, 3.05) is 33.5 Å². The van der Waals surface area contributed by atoms with E-state index in [9.17, 15) is 29.5 Å². The van der Waals surface area contributed by atoms with Gasteiger partial charge in [-0.25, -0.2) is 9.18 Å². The molecule has 6 atom stereocenters. The first-order valence-electron chi connectivity index (χ1n) is 28.0. The molecule has 1 saturated carbocycles. The summed E-state index contributed by atoms with van der Waals surface area (Å²) in [5.74, 6) is -1.53. The van der Waals surface area contributed by atoms with Crippen LogP contribution in [0.25, 0.3) is 0 Å². The number of halogens is 1. The van der Waals surface area contributed by atoms with Crippen LogP contribution in [0.15, 0.2) is 114 Å². The molecular formula is C62H78FN3O12. The molecule has 0 spiro atoms. The summed E-state index contributed by atoms with van der Waals surface area (Å²) in [7, 11) is 1.49. The lowest BCUT2D eigenvalue weighted by Crippen LogP contribution is -2.70. The van der Waals surface area contributed by atoms with Gasteiger partial charge < -0.3 is 38.7 Å². The number of non-ortho nitro benzene ring substituents is 1.